The molecule has 0 bridgehead atoms. The Bertz CT molecular complexity index is 1410. The zero-order chi connectivity index (χ0) is 23.7. The molecular formula is C23H23N8O3+. The maximum absolute atomic E-state index is 12.8. The van der Waals surface area contributed by atoms with Crippen molar-refractivity contribution < 1.29 is 9.57 Å². The van der Waals surface area contributed by atoms with E-state index in [2.05, 4.69) is 35.8 Å². The molecule has 2 N–H and O–H groups in total. The fourth-order valence-electron chi connectivity index (χ4n) is 4.27. The number of H-pyrrole nitrogens is 2. The first kappa shape index (κ1) is 21.6. The van der Waals surface area contributed by atoms with Crippen molar-refractivity contribution >= 4 is 17.2 Å². The number of tetrazole rings is 1. The first-order chi connectivity index (χ1) is 16.6. The number of benzene rings is 2. The third kappa shape index (κ3) is 3.47. The number of nitrogens with zero attached hydrogens (tertiary/aromatic N) is 6. The van der Waals surface area contributed by atoms with Gasteiger partial charge in [0, 0.05) is 18.1 Å². The highest BCUT2D eigenvalue weighted by Gasteiger charge is 2.49. The second-order valence-corrected chi connectivity index (χ2v) is 7.71. The largest absolute Gasteiger partial charge is 0.478 e. The third-order valence-electron chi connectivity index (χ3n) is 5.78. The molecule has 11 heteroatoms. The Labute approximate surface area is 194 Å². The molecule has 34 heavy (non-hydrogen) atoms. The lowest BCUT2D eigenvalue weighted by Crippen LogP contribution is -2.52. The highest BCUT2D eigenvalue weighted by atomic mass is 16.7. The van der Waals surface area contributed by atoms with Crippen LogP contribution in [-0.4, -0.2) is 50.4 Å². The summed E-state index contributed by atoms with van der Waals surface area (Å²) in [5.41, 5.74) is 4.22. The average molecular weight is 459 g/mol. The monoisotopic (exact) mass is 459 g/mol. The number of hydrogen-bond acceptors (Lipinski definition) is 8. The Balaban J connectivity index is 1.53. The summed E-state index contributed by atoms with van der Waals surface area (Å²) >= 11 is 0. The van der Waals surface area contributed by atoms with Crippen molar-refractivity contribution in [2.75, 3.05) is 13.7 Å². The Morgan fingerprint density at radius 1 is 1.03 bits per heavy atom. The molecule has 1 unspecified atom stereocenters. The lowest BCUT2D eigenvalue weighted by Gasteiger charge is -2.29. The number of aromatic amines is 2. The summed E-state index contributed by atoms with van der Waals surface area (Å²) in [7, 11) is 1.49. The van der Waals surface area contributed by atoms with E-state index in [0.29, 0.717) is 36.2 Å². The predicted molar refractivity (Wildman–Crippen MR) is 126 cm³/mol. The van der Waals surface area contributed by atoms with Gasteiger partial charge in [0.25, 0.3) is 11.6 Å². The van der Waals surface area contributed by atoms with Crippen molar-refractivity contribution in [2.24, 2.45) is 4.99 Å². The number of aliphatic imine (C=N–C) groups is 1. The van der Waals surface area contributed by atoms with Gasteiger partial charge in [0.15, 0.2) is 0 Å². The molecule has 2 aromatic carbocycles. The lowest BCUT2D eigenvalue weighted by molar-refractivity contribution is -0.0901. The van der Waals surface area contributed by atoms with Crippen LogP contribution < -0.4 is 14.9 Å². The minimum absolute atomic E-state index is 0.154. The molecule has 172 valence electrons. The number of fused-ring (bicyclic) bond motifs is 1. The molecular weight excluding hydrogens is 436 g/mol. The van der Waals surface area contributed by atoms with E-state index in [1.807, 2.05) is 62.4 Å². The minimum atomic E-state index is -0.365. The van der Waals surface area contributed by atoms with Gasteiger partial charge in [-0.1, -0.05) is 53.2 Å². The highest BCUT2D eigenvalue weighted by molar-refractivity contribution is 6.00. The van der Waals surface area contributed by atoms with E-state index in [4.69, 9.17) is 9.57 Å². The number of nitrogens with one attached hydrogen (secondary N) is 2. The molecule has 5 rings (SSSR count). The quantitative estimate of drug-likeness (QED) is 0.406. The van der Waals surface area contributed by atoms with Crippen molar-refractivity contribution in [3.63, 3.8) is 0 Å². The van der Waals surface area contributed by atoms with Crippen molar-refractivity contribution in [2.45, 2.75) is 20.4 Å². The summed E-state index contributed by atoms with van der Waals surface area (Å²) in [4.78, 5) is 23.6. The number of ether oxygens (including phenoxy) is 1. The van der Waals surface area contributed by atoms with Crippen LogP contribution in [0.5, 0.6) is 5.88 Å². The summed E-state index contributed by atoms with van der Waals surface area (Å²) in [6, 6.07) is 16.0. The number of hydroxylamine groups is 2. The molecule has 0 radical (unpaired) electrons. The normalized spacial score (nSPS) is 16.9. The molecule has 0 saturated heterocycles. The van der Waals surface area contributed by atoms with Gasteiger partial charge in [0.1, 0.15) is 13.2 Å². The maximum Gasteiger partial charge on any atom is 0.331 e. The van der Waals surface area contributed by atoms with Gasteiger partial charge >= 0.3 is 5.56 Å². The third-order valence-corrected chi connectivity index (χ3v) is 5.78. The van der Waals surface area contributed by atoms with E-state index in [1.165, 1.54) is 7.11 Å². The van der Waals surface area contributed by atoms with E-state index < -0.39 is 0 Å². The van der Waals surface area contributed by atoms with Gasteiger partial charge in [0.2, 0.25) is 17.3 Å². The van der Waals surface area contributed by atoms with Gasteiger partial charge in [-0.05, 0) is 23.3 Å². The van der Waals surface area contributed by atoms with E-state index in [-0.39, 0.29) is 16.1 Å². The Morgan fingerprint density at radius 3 is 2.47 bits per heavy atom. The smallest absolute Gasteiger partial charge is 0.331 e. The first-order valence-corrected chi connectivity index (χ1v) is 10.7. The number of methoxy groups -OCH3 is 1. The van der Waals surface area contributed by atoms with Crippen molar-refractivity contribution in [1.82, 2.24) is 35.5 Å². The average Bonchev–Trinajstić information content (AvgIpc) is 3.48. The van der Waals surface area contributed by atoms with Gasteiger partial charge in [-0.15, -0.1) is 15.3 Å². The first-order valence-electron chi connectivity index (χ1n) is 10.7. The molecule has 4 aromatic rings. The lowest BCUT2D eigenvalue weighted by atomic mass is 9.98. The molecule has 0 saturated carbocycles. The number of hydrogen-bond donors (Lipinski definition) is 2. The fraction of sp³-hybridized carbons (Fsp3) is 0.217. The van der Waals surface area contributed by atoms with Crippen LogP contribution in [0.2, 0.25) is 0 Å². The second-order valence-electron chi connectivity index (χ2n) is 7.71. The van der Waals surface area contributed by atoms with Crippen LogP contribution in [0, 0.1) is 0 Å². The van der Waals surface area contributed by atoms with Crippen LogP contribution in [-0.2, 0) is 11.4 Å². The van der Waals surface area contributed by atoms with Gasteiger partial charge in [-0.3, -0.25) is 4.79 Å². The SMILES string of the molecule is CCO[N+]1(Cc2ccc(-c3ccccc3-c3nn[nH]n3)cc2)C(C)=Nc2c(OC)n[nH]c(=O)c21. The van der Waals surface area contributed by atoms with E-state index in [0.717, 1.165) is 22.3 Å². The fourth-order valence-corrected chi connectivity index (χ4v) is 4.27. The molecule has 0 amide bonds. The predicted octanol–water partition coefficient (Wildman–Crippen LogP) is 3.15. The summed E-state index contributed by atoms with van der Waals surface area (Å²) in [5.74, 6) is 1.41. The number of amidine groups is 1. The van der Waals surface area contributed by atoms with Crippen molar-refractivity contribution in [1.29, 1.82) is 0 Å². The molecule has 1 aliphatic heterocycles. The summed E-state index contributed by atoms with van der Waals surface area (Å²) in [5, 5.41) is 20.9. The maximum atomic E-state index is 12.8. The van der Waals surface area contributed by atoms with Gasteiger partial charge in [-0.25, -0.2) is 5.10 Å². The second kappa shape index (κ2) is 8.61. The molecule has 0 fully saturated rings. The standard InChI is InChI=1S/C23H22N8O3/c1-4-34-31(14(2)24-19-20(31)22(32)27-28-23(19)33-3)13-15-9-11-16(12-10-15)17-7-5-6-8-18(17)21-25-29-30-26-21/h5-12H,4,13H2,1-3H3,(H-,25,26,27,29,30,32)/p+1. The van der Waals surface area contributed by atoms with Gasteiger partial charge in [-0.2, -0.15) is 15.0 Å². The molecule has 11 nitrogen and oxygen atoms in total. The Kier molecular flexibility index (Phi) is 5.48. The van der Waals surface area contributed by atoms with E-state index in [1.54, 1.807) is 0 Å². The zero-order valence-electron chi connectivity index (χ0n) is 18.9. The molecule has 0 spiro atoms. The Morgan fingerprint density at radius 2 is 1.79 bits per heavy atom. The van der Waals surface area contributed by atoms with Gasteiger partial charge < -0.3 is 4.74 Å². The molecule has 1 atom stereocenters. The van der Waals surface area contributed by atoms with Crippen LogP contribution in [0.15, 0.2) is 58.3 Å². The minimum Gasteiger partial charge on any atom is -0.478 e. The molecule has 0 aliphatic carbocycles. The van der Waals surface area contributed by atoms with Gasteiger partial charge in [0.05, 0.1) is 7.11 Å². The topological polar surface area (TPSA) is 131 Å². The molecule has 2 aromatic heterocycles. The van der Waals surface area contributed by atoms with Crippen molar-refractivity contribution in [3.05, 3.63) is 64.4 Å². The van der Waals surface area contributed by atoms with E-state index in [9.17, 15) is 4.79 Å². The number of aromatic nitrogens is 6. The van der Waals surface area contributed by atoms with E-state index >= 15 is 0 Å². The Hall–Kier alpha value is -4.22. The van der Waals surface area contributed by atoms with Crippen LogP contribution in [0.25, 0.3) is 22.5 Å². The van der Waals surface area contributed by atoms with Crippen LogP contribution >= 0.6 is 0 Å². The summed E-state index contributed by atoms with van der Waals surface area (Å²) in [6.45, 7) is 4.48. The molecule has 1 aliphatic rings. The number of rotatable bonds is 7. The van der Waals surface area contributed by atoms with Crippen LogP contribution in [0.4, 0.5) is 11.4 Å². The zero-order valence-corrected chi connectivity index (χ0v) is 18.9. The molecule has 3 heterocycles. The summed E-state index contributed by atoms with van der Waals surface area (Å²) < 4.78 is 5.16. The van der Waals surface area contributed by atoms with Crippen LogP contribution in [0.3, 0.4) is 0 Å². The van der Waals surface area contributed by atoms with Crippen molar-refractivity contribution in [3.8, 4) is 28.4 Å². The summed E-state index contributed by atoms with van der Waals surface area (Å²) in [6.07, 6.45) is 0. The highest BCUT2D eigenvalue weighted by Crippen LogP contribution is 2.44. The number of quaternary nitrogens is 1. The van der Waals surface area contributed by atoms with Crippen LogP contribution in [0.1, 0.15) is 19.4 Å².